The lowest BCUT2D eigenvalue weighted by Crippen LogP contribution is -2.00. The SMILES string of the molecule is CCCCSCSc1nc(-c2nccs2)cc(-c2cnc(C)n2C)c1C#N.Cc1ncc(/C=C/C(=O)c2nccs2)n1C. The van der Waals surface area contributed by atoms with E-state index in [1.807, 2.05) is 66.5 Å². The molecule has 0 saturated heterocycles. The van der Waals surface area contributed by atoms with Gasteiger partial charge < -0.3 is 9.13 Å². The lowest BCUT2D eigenvalue weighted by atomic mass is 10.1. The number of rotatable bonds is 11. The van der Waals surface area contributed by atoms with Crippen molar-refractivity contribution in [2.45, 2.75) is 38.6 Å². The minimum Gasteiger partial charge on any atom is -0.332 e. The smallest absolute Gasteiger partial charge is 0.214 e. The van der Waals surface area contributed by atoms with E-state index in [-0.39, 0.29) is 5.78 Å². The van der Waals surface area contributed by atoms with E-state index in [0.29, 0.717) is 10.6 Å². The van der Waals surface area contributed by atoms with E-state index in [0.717, 1.165) is 55.2 Å². The predicted octanol–water partition coefficient (Wildman–Crippen LogP) is 7.45. The summed E-state index contributed by atoms with van der Waals surface area (Å²) in [6, 6.07) is 4.33. The average Bonchev–Trinajstić information content (AvgIpc) is 3.84. The van der Waals surface area contributed by atoms with Gasteiger partial charge in [0.25, 0.3) is 0 Å². The number of aryl methyl sites for hydroxylation is 2. The van der Waals surface area contributed by atoms with Crippen LogP contribution in [0.25, 0.3) is 28.0 Å². The number of ketones is 1. The molecule has 0 saturated carbocycles. The molecule has 0 spiro atoms. The number of carbonyl (C=O) groups is 1. The Labute approximate surface area is 268 Å². The van der Waals surface area contributed by atoms with E-state index in [1.54, 1.807) is 53.1 Å². The number of hydrogen-bond donors (Lipinski definition) is 0. The van der Waals surface area contributed by atoms with E-state index in [1.165, 1.54) is 30.3 Å². The first-order chi connectivity index (χ1) is 20.8. The van der Waals surface area contributed by atoms with Crippen LogP contribution in [0.2, 0.25) is 0 Å². The third-order valence-electron chi connectivity index (χ3n) is 6.47. The summed E-state index contributed by atoms with van der Waals surface area (Å²) < 4.78 is 3.93. The molecule has 5 rings (SSSR count). The zero-order valence-corrected chi connectivity index (χ0v) is 27.9. The molecule has 0 unspecified atom stereocenters. The Balaban J connectivity index is 0.000000225. The Morgan fingerprint density at radius 1 is 1.05 bits per heavy atom. The summed E-state index contributed by atoms with van der Waals surface area (Å²) in [7, 11) is 3.88. The number of nitrogens with zero attached hydrogens (tertiary/aromatic N) is 8. The predicted molar refractivity (Wildman–Crippen MR) is 179 cm³/mol. The van der Waals surface area contributed by atoms with Gasteiger partial charge in [-0.05, 0) is 44.2 Å². The van der Waals surface area contributed by atoms with E-state index in [4.69, 9.17) is 4.98 Å². The molecule has 222 valence electrons. The Morgan fingerprint density at radius 2 is 1.79 bits per heavy atom. The molecule has 0 fully saturated rings. The molecule has 0 bridgehead atoms. The maximum atomic E-state index is 11.6. The summed E-state index contributed by atoms with van der Waals surface area (Å²) in [5.74, 6) is 2.88. The summed E-state index contributed by atoms with van der Waals surface area (Å²) in [6.07, 6.45) is 12.6. The Bertz CT molecular complexity index is 1710. The number of pyridine rings is 1. The van der Waals surface area contributed by atoms with Gasteiger partial charge in [0.05, 0.1) is 29.3 Å². The molecular formula is C30H32N8OS4. The minimum absolute atomic E-state index is 0.0751. The van der Waals surface area contributed by atoms with Gasteiger partial charge in [0.2, 0.25) is 5.78 Å². The normalized spacial score (nSPS) is 11.0. The number of unbranched alkanes of at least 4 members (excludes halogenated alkanes) is 1. The maximum absolute atomic E-state index is 11.6. The fourth-order valence-electron chi connectivity index (χ4n) is 3.80. The highest BCUT2D eigenvalue weighted by atomic mass is 32.2. The van der Waals surface area contributed by atoms with Crippen molar-refractivity contribution in [2.75, 3.05) is 10.8 Å². The van der Waals surface area contributed by atoms with Crippen molar-refractivity contribution in [1.82, 2.24) is 34.1 Å². The average molecular weight is 649 g/mol. The van der Waals surface area contributed by atoms with Crippen LogP contribution in [-0.4, -0.2) is 50.7 Å². The Kier molecular flexibility index (Phi) is 11.9. The van der Waals surface area contributed by atoms with Crippen molar-refractivity contribution >= 4 is 58.1 Å². The molecule has 9 nitrogen and oxygen atoms in total. The van der Waals surface area contributed by atoms with Crippen molar-refractivity contribution < 1.29 is 4.79 Å². The van der Waals surface area contributed by atoms with Crippen LogP contribution in [0.1, 0.15) is 52.5 Å². The van der Waals surface area contributed by atoms with Crippen molar-refractivity contribution in [2.24, 2.45) is 14.1 Å². The van der Waals surface area contributed by atoms with Gasteiger partial charge in [0.15, 0.2) is 5.01 Å². The molecule has 0 amide bonds. The molecule has 0 N–H and O–H groups in total. The van der Waals surface area contributed by atoms with Crippen molar-refractivity contribution in [1.29, 1.82) is 5.26 Å². The highest BCUT2D eigenvalue weighted by Crippen LogP contribution is 2.35. The Hall–Kier alpha value is -3.57. The second-order valence-corrected chi connectivity index (χ2v) is 13.5. The van der Waals surface area contributed by atoms with Gasteiger partial charge in [0, 0.05) is 47.9 Å². The molecule has 5 aromatic rings. The second kappa shape index (κ2) is 15.8. The van der Waals surface area contributed by atoms with E-state index >= 15 is 0 Å². The van der Waals surface area contributed by atoms with Crippen LogP contribution in [0, 0.1) is 25.2 Å². The molecule has 13 heteroatoms. The standard InChI is InChI=1S/C19H21N5S3.C11H11N3OS/c1-4-5-7-25-12-27-18-15(10-20)14(17-11-22-13(2)24(17)3)9-16(23-18)19-21-6-8-26-19;1-8-13-7-9(14(8)2)3-4-10(15)11-12-5-6-16-11/h6,8-9,11H,4-5,7,12H2,1-3H3;3-7H,1-2H3/b;4-3+. The van der Waals surface area contributed by atoms with Gasteiger partial charge in [0.1, 0.15) is 33.4 Å². The molecular weight excluding hydrogens is 617 g/mol. The summed E-state index contributed by atoms with van der Waals surface area (Å²) >= 11 is 6.41. The molecule has 0 aromatic carbocycles. The number of thioether (sulfide) groups is 2. The monoisotopic (exact) mass is 648 g/mol. The minimum atomic E-state index is -0.0751. The maximum Gasteiger partial charge on any atom is 0.214 e. The van der Waals surface area contributed by atoms with Crippen LogP contribution in [-0.2, 0) is 14.1 Å². The zero-order chi connectivity index (χ0) is 30.8. The quantitative estimate of drug-likeness (QED) is 0.0473. The van der Waals surface area contributed by atoms with Crippen LogP contribution < -0.4 is 0 Å². The van der Waals surface area contributed by atoms with E-state index in [2.05, 4.69) is 32.9 Å². The molecule has 0 radical (unpaired) electrons. The van der Waals surface area contributed by atoms with Gasteiger partial charge in [-0.15, -0.1) is 22.7 Å². The van der Waals surface area contributed by atoms with Crippen LogP contribution in [0.3, 0.4) is 0 Å². The number of aromatic nitrogens is 7. The first-order valence-electron chi connectivity index (χ1n) is 13.5. The van der Waals surface area contributed by atoms with E-state index < -0.39 is 0 Å². The van der Waals surface area contributed by atoms with Crippen LogP contribution in [0.5, 0.6) is 0 Å². The second-order valence-electron chi connectivity index (χ2n) is 9.28. The highest BCUT2D eigenvalue weighted by Gasteiger charge is 2.19. The lowest BCUT2D eigenvalue weighted by molar-refractivity contribution is 0.104. The fraction of sp³-hybridized carbons (Fsp3) is 0.300. The Morgan fingerprint density at radius 3 is 2.40 bits per heavy atom. The van der Waals surface area contributed by atoms with Gasteiger partial charge in [-0.25, -0.2) is 24.9 Å². The van der Waals surface area contributed by atoms with Crippen LogP contribution >= 0.6 is 46.2 Å². The van der Waals surface area contributed by atoms with Crippen molar-refractivity contribution in [3.05, 3.63) is 75.6 Å². The first kappa shape index (κ1) is 32.3. The number of thiazole rings is 2. The van der Waals surface area contributed by atoms with Crippen LogP contribution in [0.15, 0.2) is 52.7 Å². The molecule has 0 aliphatic carbocycles. The first-order valence-corrected chi connectivity index (χ1v) is 17.4. The van der Waals surface area contributed by atoms with Crippen LogP contribution in [0.4, 0.5) is 0 Å². The molecule has 0 atom stereocenters. The topological polar surface area (TPSA) is 115 Å². The molecule has 5 heterocycles. The van der Waals surface area contributed by atoms with Gasteiger partial charge in [-0.3, -0.25) is 4.79 Å². The van der Waals surface area contributed by atoms with E-state index in [9.17, 15) is 10.1 Å². The molecule has 43 heavy (non-hydrogen) atoms. The summed E-state index contributed by atoms with van der Waals surface area (Å²) in [4.78, 5) is 33.3. The molecule has 5 aromatic heterocycles. The van der Waals surface area contributed by atoms with Crippen molar-refractivity contribution in [3.8, 4) is 28.0 Å². The summed E-state index contributed by atoms with van der Waals surface area (Å²) in [5, 5.41) is 16.6. The number of hydrogen-bond acceptors (Lipinski definition) is 11. The number of nitriles is 1. The highest BCUT2D eigenvalue weighted by molar-refractivity contribution is 8.16. The number of carbonyl (C=O) groups excluding carboxylic acids is 1. The van der Waals surface area contributed by atoms with Crippen molar-refractivity contribution in [3.63, 3.8) is 0 Å². The molecule has 0 aliphatic heterocycles. The third-order valence-corrected chi connectivity index (χ3v) is 10.3. The van der Waals surface area contributed by atoms with Gasteiger partial charge in [-0.1, -0.05) is 25.1 Å². The lowest BCUT2D eigenvalue weighted by Gasteiger charge is -2.12. The fourth-order valence-corrected chi connectivity index (χ4v) is 7.16. The van der Waals surface area contributed by atoms with Gasteiger partial charge >= 0.3 is 0 Å². The zero-order valence-electron chi connectivity index (χ0n) is 24.6. The summed E-state index contributed by atoms with van der Waals surface area (Å²) in [5.41, 5.74) is 4.10. The number of allylic oxidation sites excluding steroid dienone is 1. The summed E-state index contributed by atoms with van der Waals surface area (Å²) in [6.45, 7) is 6.07. The van der Waals surface area contributed by atoms with Gasteiger partial charge in [-0.2, -0.15) is 17.0 Å². The molecule has 0 aliphatic rings. The number of imidazole rings is 2. The largest absolute Gasteiger partial charge is 0.332 e. The third kappa shape index (κ3) is 8.29.